The van der Waals surface area contributed by atoms with E-state index in [1.807, 2.05) is 67.5 Å². The molecular formula is C57H84F11NO2. The molecule has 0 aliphatic heterocycles. The normalized spacial score (nSPS) is 10.4. The summed E-state index contributed by atoms with van der Waals surface area (Å²) in [5, 5.41) is 7.89. The topological polar surface area (TPSA) is 50.1 Å². The maximum absolute atomic E-state index is 12.9. The van der Waals surface area contributed by atoms with E-state index in [1.54, 1.807) is 26.8 Å². The SMILES string of the molecule is CC(C)C.CC(C)C#N.CC(C)c1c(F)c(F)c(F)c(F)c1F.CC(C)c1c(F)cc(F)cc1F.CC(C)c1cccc(C(F)(F)F)c1.CC(C)c1ccccc1.CCC.CCOC(=O)C(C)C.[2H]C(C)C. The molecule has 4 aromatic carbocycles. The van der Waals surface area contributed by atoms with Gasteiger partial charge < -0.3 is 4.74 Å². The summed E-state index contributed by atoms with van der Waals surface area (Å²) >= 11 is 0. The lowest BCUT2D eigenvalue weighted by atomic mass is 10.0. The molecule has 0 N–H and O–H groups in total. The number of halogens is 11. The van der Waals surface area contributed by atoms with Gasteiger partial charge in [0.2, 0.25) is 5.82 Å². The first-order valence-corrected chi connectivity index (χ1v) is 23.8. The number of esters is 1. The van der Waals surface area contributed by atoms with Crippen LogP contribution in [0.2, 0.25) is 0 Å². The molecule has 406 valence electrons. The van der Waals surface area contributed by atoms with Crippen LogP contribution >= 0.6 is 0 Å². The Morgan fingerprint density at radius 2 is 0.901 bits per heavy atom. The van der Waals surface area contributed by atoms with E-state index >= 15 is 0 Å². The molecule has 0 spiro atoms. The van der Waals surface area contributed by atoms with Gasteiger partial charge in [-0.3, -0.25) is 4.79 Å². The first-order valence-electron chi connectivity index (χ1n) is 24.4. The van der Waals surface area contributed by atoms with E-state index in [2.05, 4.69) is 77.5 Å². The fraction of sp³-hybridized carbons (Fsp3) is 0.544. The van der Waals surface area contributed by atoms with Crippen LogP contribution in [0.15, 0.2) is 66.7 Å². The number of rotatable bonds is 6. The van der Waals surface area contributed by atoms with E-state index in [0.29, 0.717) is 24.7 Å². The van der Waals surface area contributed by atoms with E-state index in [1.165, 1.54) is 38.0 Å². The molecule has 0 unspecified atom stereocenters. The monoisotopic (exact) mass is 1020 g/mol. The van der Waals surface area contributed by atoms with Gasteiger partial charge in [0.05, 0.1) is 24.2 Å². The molecule has 0 bridgehead atoms. The van der Waals surface area contributed by atoms with Crippen LogP contribution in [0, 0.1) is 75.6 Å². The summed E-state index contributed by atoms with van der Waals surface area (Å²) in [4.78, 5) is 10.5. The molecule has 0 aliphatic rings. The Kier molecular flexibility index (Phi) is 42.6. The second-order valence-corrected chi connectivity index (χ2v) is 18.1. The number of ether oxygens (including phenoxy) is 1. The van der Waals surface area contributed by atoms with Crippen molar-refractivity contribution >= 4 is 5.97 Å². The minimum absolute atomic E-state index is 0.00921. The summed E-state index contributed by atoms with van der Waals surface area (Å²) in [7, 11) is 0. The van der Waals surface area contributed by atoms with Crippen molar-refractivity contribution in [1.82, 2.24) is 0 Å². The Labute approximate surface area is 422 Å². The quantitative estimate of drug-likeness (QED) is 0.0837. The molecule has 0 aromatic heterocycles. The van der Waals surface area contributed by atoms with Crippen LogP contribution in [0.5, 0.6) is 0 Å². The van der Waals surface area contributed by atoms with E-state index in [0.717, 1.165) is 17.5 Å². The van der Waals surface area contributed by atoms with E-state index in [-0.39, 0.29) is 41.6 Å². The molecule has 0 atom stereocenters. The lowest BCUT2D eigenvalue weighted by Crippen LogP contribution is -2.10. The van der Waals surface area contributed by atoms with Crippen molar-refractivity contribution in [1.29, 1.82) is 5.26 Å². The number of benzene rings is 4. The van der Waals surface area contributed by atoms with Crippen molar-refractivity contribution in [2.24, 2.45) is 17.8 Å². The first-order chi connectivity index (χ1) is 32.9. The van der Waals surface area contributed by atoms with Gasteiger partial charge in [-0.05, 0) is 67.6 Å². The highest BCUT2D eigenvalue weighted by Crippen LogP contribution is 2.31. The van der Waals surface area contributed by atoms with Gasteiger partial charge in [-0.1, -0.05) is 179 Å². The lowest BCUT2D eigenvalue weighted by Gasteiger charge is -2.10. The van der Waals surface area contributed by atoms with E-state index in [4.69, 9.17) is 6.63 Å². The van der Waals surface area contributed by atoms with Crippen molar-refractivity contribution in [2.75, 3.05) is 6.61 Å². The molecule has 4 rings (SSSR count). The molecule has 14 heteroatoms. The van der Waals surface area contributed by atoms with Gasteiger partial charge in [0.25, 0.3) is 0 Å². The Hall–Kier alpha value is -4.93. The highest BCUT2D eigenvalue weighted by atomic mass is 19.4. The van der Waals surface area contributed by atoms with Crippen LogP contribution in [0.3, 0.4) is 0 Å². The molecule has 0 radical (unpaired) electrons. The van der Waals surface area contributed by atoms with Crippen LogP contribution in [-0.4, -0.2) is 12.6 Å². The van der Waals surface area contributed by atoms with Crippen LogP contribution in [0.25, 0.3) is 0 Å². The zero-order valence-corrected chi connectivity index (χ0v) is 45.8. The standard InChI is InChI=1S/C10H11F3.C9H7F5.C9H9F3.C9H12.C6H12O2.C4H7N.C4H10.2C3H8/c1-7(2)8-4-3-5-9(6-8)10(11,12)13;1-3(2)4-5(10)7(12)9(14)8(13)6(4)11;1-5(2)9-7(11)3-6(10)4-8(9)12;1-8(2)9-6-4-3-5-7-9;1-4-8-6(7)5(2)3;1-4(2)3-5;1-4(2)3;2*1-3-2/h3-7H,1-2H3;3H,1-2H3;3-5H,1-2H3;3-8H,1-2H3;5H,4H2,1-3H3;4H,1-2H3;4H,1-3H3;2*3H2,1-2H3/i;;;;;;;3D;. The largest absolute Gasteiger partial charge is 0.466 e. The number of hydrogen-bond donors (Lipinski definition) is 0. The Balaban J connectivity index is -0.000000244. The third-order valence-corrected chi connectivity index (χ3v) is 7.81. The fourth-order valence-corrected chi connectivity index (χ4v) is 4.45. The average molecular weight is 1030 g/mol. The number of nitriles is 1. The van der Waals surface area contributed by atoms with Crippen LogP contribution in [0.4, 0.5) is 48.3 Å². The number of carbonyl (C=O) groups is 1. The number of hydrogen-bond acceptors (Lipinski definition) is 3. The second kappa shape index (κ2) is 41.7. The molecule has 71 heavy (non-hydrogen) atoms. The van der Waals surface area contributed by atoms with Gasteiger partial charge in [0.1, 0.15) is 17.5 Å². The first kappa shape index (κ1) is 72.6. The number of carbonyl (C=O) groups excluding carboxylic acids is 1. The predicted molar refractivity (Wildman–Crippen MR) is 271 cm³/mol. The van der Waals surface area contributed by atoms with Crippen LogP contribution in [0.1, 0.15) is 204 Å². The Morgan fingerprint density at radius 1 is 0.563 bits per heavy atom. The molecule has 4 aromatic rings. The summed E-state index contributed by atoms with van der Waals surface area (Å²) in [6.45, 7) is 38.2. The molecular weight excluding hydrogens is 940 g/mol. The predicted octanol–water partition coefficient (Wildman–Crippen LogP) is 20.2. The van der Waals surface area contributed by atoms with Gasteiger partial charge in [-0.2, -0.15) is 18.4 Å². The fourth-order valence-electron chi connectivity index (χ4n) is 4.45. The smallest absolute Gasteiger partial charge is 0.416 e. The highest BCUT2D eigenvalue weighted by molar-refractivity contribution is 5.71. The molecule has 0 fully saturated rings. The van der Waals surface area contributed by atoms with Gasteiger partial charge in [0, 0.05) is 30.5 Å². The minimum Gasteiger partial charge on any atom is -0.466 e. The zero-order chi connectivity index (χ0) is 57.8. The molecule has 0 heterocycles. The molecule has 0 saturated heterocycles. The average Bonchev–Trinajstić information content (AvgIpc) is 3.25. The van der Waals surface area contributed by atoms with Gasteiger partial charge in [-0.25, -0.2) is 35.1 Å². The van der Waals surface area contributed by atoms with Crippen molar-refractivity contribution in [3.8, 4) is 6.07 Å². The third kappa shape index (κ3) is 36.6. The van der Waals surface area contributed by atoms with Crippen molar-refractivity contribution in [3.05, 3.63) is 141 Å². The zero-order valence-electron chi connectivity index (χ0n) is 46.8. The number of nitrogens with zero attached hydrogens (tertiary/aromatic N) is 1. The number of alkyl halides is 3. The van der Waals surface area contributed by atoms with E-state index in [9.17, 15) is 53.1 Å². The maximum atomic E-state index is 12.9. The van der Waals surface area contributed by atoms with Crippen molar-refractivity contribution < 1.29 is 59.2 Å². The summed E-state index contributed by atoms with van der Waals surface area (Å²) in [5.41, 5.74) is 0.726. The van der Waals surface area contributed by atoms with Crippen LogP contribution in [-0.2, 0) is 15.7 Å². The maximum Gasteiger partial charge on any atom is 0.416 e. The van der Waals surface area contributed by atoms with Gasteiger partial charge in [-0.15, -0.1) is 0 Å². The lowest BCUT2D eigenvalue weighted by molar-refractivity contribution is -0.146. The molecule has 0 amide bonds. The van der Waals surface area contributed by atoms with E-state index < -0.39 is 69.8 Å². The molecule has 0 saturated carbocycles. The molecule has 0 aliphatic carbocycles. The Bertz CT molecular complexity index is 2000. The van der Waals surface area contributed by atoms with Gasteiger partial charge >= 0.3 is 12.1 Å². The van der Waals surface area contributed by atoms with Crippen molar-refractivity contribution in [2.45, 2.75) is 181 Å². The molecule has 3 nitrogen and oxygen atoms in total. The van der Waals surface area contributed by atoms with Crippen molar-refractivity contribution in [3.63, 3.8) is 0 Å². The van der Waals surface area contributed by atoms with Crippen LogP contribution < -0.4 is 0 Å². The highest BCUT2D eigenvalue weighted by Gasteiger charge is 2.30. The third-order valence-electron chi connectivity index (χ3n) is 7.81. The van der Waals surface area contributed by atoms with Gasteiger partial charge in [0.15, 0.2) is 23.3 Å². The summed E-state index contributed by atoms with van der Waals surface area (Å²) in [6.07, 6.45) is -2.90. The Morgan fingerprint density at radius 3 is 1.15 bits per heavy atom. The summed E-state index contributed by atoms with van der Waals surface area (Å²) in [6, 6.07) is 19.4. The summed E-state index contributed by atoms with van der Waals surface area (Å²) in [5.74, 6) is -11.3. The summed E-state index contributed by atoms with van der Waals surface area (Å²) < 4.78 is 150. The second-order valence-electron chi connectivity index (χ2n) is 18.1. The minimum atomic E-state index is -4.23.